The van der Waals surface area contributed by atoms with E-state index in [2.05, 4.69) is 0 Å². The van der Waals surface area contributed by atoms with Gasteiger partial charge in [-0.25, -0.2) is 0 Å². The Kier molecular flexibility index (Phi) is 23.0. The number of esters is 3. The maximum absolute atomic E-state index is 13.0. The predicted octanol–water partition coefficient (Wildman–Crippen LogP) is 12.4. The molecule has 6 heterocycles. The average Bonchev–Trinajstić information content (AvgIpc) is 0.762. The van der Waals surface area contributed by atoms with Crippen LogP contribution >= 0.6 is 34.8 Å². The molecule has 25 heteroatoms. The van der Waals surface area contributed by atoms with Gasteiger partial charge in [0, 0.05) is 114 Å². The topological polar surface area (TPSA) is 321 Å². The molecule has 3 aromatic heterocycles. The van der Waals surface area contributed by atoms with Crippen molar-refractivity contribution in [3.05, 3.63) is 172 Å². The molecule has 9 aromatic rings. The summed E-state index contributed by atoms with van der Waals surface area (Å²) in [6, 6.07) is 27.9. The summed E-state index contributed by atoms with van der Waals surface area (Å²) in [5.74, 6) is -4.15. The SMILES string of the molecule is CC(C)C(=O)O[C@@H]1CN(C)CC[C@@H]1c1c(O)cc(O)c2c(=O)cc(-c3ccccc3Cl)oc12.CCCC(=O)O[C@@H]1CN(C)CC[C@@H]1c1c(O)cc(O)c2c(=O)cc(-c3ccccc3Cl)oc12.CN1CC[C@H](c2c(O)cc(O)c3c(=O)cc(-c4ccccc4Cl)oc23)[C@H](OC(=O)CCO)C1. The number of hydrogen-bond donors (Lipinski definition) is 7. The standard InChI is InChI=1S/2C25H26ClNO6.C24H24ClNO7/c1-13(2)25(31)33-21-12-27(3)9-8-15(21)22-17(28)10-18(29)23-19(30)11-20(32-24(22)23)14-6-4-5-7-16(14)26;1-3-6-22(31)32-21-13-27(2)10-9-15(21)23-17(28)11-18(29)24-19(30)12-20(33-25(23)24)14-7-4-5-8-16(14)26;1-26-8-6-14(20(12-26)32-21(31)7-9-27)22-16(28)10-17(29)23-18(30)11-19(33-24(22)23)13-4-2-3-5-15(13)25/h4-7,10-11,13,15,21,28-29H,8-9,12H2,1-3H3;4-5,7-8,11-12,15,21,28-29H,3,6,9-10,13H2,1-2H3;2-5,10-11,14,20,27-29H,6-9,12H2,1H3/t2*15-,21+;14-,20+/m000/s1. The van der Waals surface area contributed by atoms with E-state index in [1.54, 1.807) is 86.6 Å². The third kappa shape index (κ3) is 16.0. The van der Waals surface area contributed by atoms with Crippen LogP contribution in [0.4, 0.5) is 0 Å². The predicted molar refractivity (Wildman–Crippen MR) is 374 cm³/mol. The van der Waals surface area contributed by atoms with Crippen LogP contribution in [0.15, 0.2) is 137 Å². The number of carbonyl (C=O) groups excluding carboxylic acids is 3. The van der Waals surface area contributed by atoms with Gasteiger partial charge in [-0.1, -0.05) is 92.0 Å². The minimum Gasteiger partial charge on any atom is -0.507 e. The summed E-state index contributed by atoms with van der Waals surface area (Å²) in [5.41, 5.74) is 1.21. The van der Waals surface area contributed by atoms with Crippen molar-refractivity contribution in [2.24, 2.45) is 5.92 Å². The molecule has 3 fully saturated rings. The van der Waals surface area contributed by atoms with Gasteiger partial charge >= 0.3 is 17.9 Å². The molecule has 6 atom stereocenters. The molecule has 0 radical (unpaired) electrons. The first-order valence-electron chi connectivity index (χ1n) is 32.4. The van der Waals surface area contributed by atoms with Gasteiger partial charge in [0.15, 0.2) is 16.3 Å². The molecule has 99 heavy (non-hydrogen) atoms. The summed E-state index contributed by atoms with van der Waals surface area (Å²) in [4.78, 5) is 81.9. The Morgan fingerprint density at radius 2 is 0.778 bits per heavy atom. The van der Waals surface area contributed by atoms with Crippen molar-refractivity contribution in [3.8, 4) is 68.5 Å². The number of phenols is 6. The number of halogens is 3. The van der Waals surface area contributed by atoms with Crippen molar-refractivity contribution < 1.29 is 77.6 Å². The minimum atomic E-state index is -0.657. The zero-order valence-electron chi connectivity index (χ0n) is 55.1. The number of aliphatic hydroxyl groups excluding tert-OH is 1. The van der Waals surface area contributed by atoms with E-state index in [1.165, 1.54) is 18.2 Å². The van der Waals surface area contributed by atoms with Crippen molar-refractivity contribution in [1.82, 2.24) is 14.7 Å². The molecular formula is C74H76Cl3N3O19. The summed E-state index contributed by atoms with van der Waals surface area (Å²) < 4.78 is 35.5. The van der Waals surface area contributed by atoms with Gasteiger partial charge in [0.2, 0.25) is 0 Å². The quantitative estimate of drug-likeness (QED) is 0.0393. The summed E-state index contributed by atoms with van der Waals surface area (Å²) in [6.07, 6.45) is 0.657. The number of aromatic hydroxyl groups is 6. The number of likely N-dealkylation sites (N-methyl/N-ethyl adjacent to an activating group) is 3. The Morgan fingerprint density at radius 1 is 0.475 bits per heavy atom. The number of likely N-dealkylation sites (tertiary alicyclic amines) is 3. The lowest BCUT2D eigenvalue weighted by Gasteiger charge is -2.37. The van der Waals surface area contributed by atoms with Crippen molar-refractivity contribution in [2.75, 3.05) is 67.0 Å². The Balaban J connectivity index is 0.000000161. The molecular weight excluding hydrogens is 1340 g/mol. The van der Waals surface area contributed by atoms with E-state index in [9.17, 15) is 59.4 Å². The number of phenolic OH excluding ortho intramolecular Hbond substituents is 6. The number of rotatable bonds is 14. The van der Waals surface area contributed by atoms with Crippen LogP contribution in [-0.4, -0.2) is 154 Å². The van der Waals surface area contributed by atoms with Crippen LogP contribution in [0.25, 0.3) is 66.9 Å². The smallest absolute Gasteiger partial charge is 0.308 e. The number of piperidine rings is 3. The van der Waals surface area contributed by atoms with E-state index in [0.717, 1.165) is 18.2 Å². The summed E-state index contributed by atoms with van der Waals surface area (Å²) in [7, 11) is 5.74. The molecule has 0 unspecified atom stereocenters. The molecule has 522 valence electrons. The first-order valence-corrected chi connectivity index (χ1v) is 33.5. The van der Waals surface area contributed by atoms with Gasteiger partial charge in [0.25, 0.3) is 0 Å². The highest BCUT2D eigenvalue weighted by Crippen LogP contribution is 2.48. The Bertz CT molecular complexity index is 4510. The van der Waals surface area contributed by atoms with Gasteiger partial charge in [0.05, 0.1) is 34.0 Å². The fraction of sp³-hybridized carbons (Fsp3) is 0.351. The van der Waals surface area contributed by atoms with Gasteiger partial charge in [-0.05, 0) is 103 Å². The lowest BCUT2D eigenvalue weighted by molar-refractivity contribution is -0.156. The van der Waals surface area contributed by atoms with E-state index >= 15 is 0 Å². The largest absolute Gasteiger partial charge is 0.507 e. The van der Waals surface area contributed by atoms with Crippen molar-refractivity contribution in [1.29, 1.82) is 0 Å². The maximum atomic E-state index is 13.0. The van der Waals surface area contributed by atoms with Crippen LogP contribution in [0.2, 0.25) is 15.1 Å². The molecule has 0 saturated carbocycles. The molecule has 12 rings (SSSR count). The molecule has 6 aromatic carbocycles. The van der Waals surface area contributed by atoms with Crippen LogP contribution in [0.1, 0.15) is 93.7 Å². The lowest BCUT2D eigenvalue weighted by atomic mass is 9.85. The number of nitrogens with zero attached hydrogens (tertiary/aromatic N) is 3. The lowest BCUT2D eigenvalue weighted by Crippen LogP contribution is -2.43. The molecule has 0 amide bonds. The normalized spacial score (nSPS) is 19.1. The van der Waals surface area contributed by atoms with Crippen LogP contribution in [-0.2, 0) is 28.6 Å². The van der Waals surface area contributed by atoms with Gasteiger partial charge in [0.1, 0.15) is 103 Å². The third-order valence-electron chi connectivity index (χ3n) is 17.9. The second kappa shape index (κ2) is 31.4. The van der Waals surface area contributed by atoms with Crippen LogP contribution in [0.3, 0.4) is 0 Å². The number of carbonyl (C=O) groups is 3. The average molecular weight is 1420 g/mol. The molecule has 3 saturated heterocycles. The monoisotopic (exact) mass is 1420 g/mol. The molecule has 22 nitrogen and oxygen atoms in total. The van der Waals surface area contributed by atoms with Crippen LogP contribution in [0, 0.1) is 5.92 Å². The number of benzene rings is 6. The molecule has 0 bridgehead atoms. The first kappa shape index (κ1) is 72.6. The zero-order valence-corrected chi connectivity index (χ0v) is 57.4. The van der Waals surface area contributed by atoms with E-state index in [0.29, 0.717) is 114 Å². The number of hydrogen-bond acceptors (Lipinski definition) is 22. The van der Waals surface area contributed by atoms with Crippen molar-refractivity contribution in [3.63, 3.8) is 0 Å². The van der Waals surface area contributed by atoms with Crippen LogP contribution < -0.4 is 16.3 Å². The fourth-order valence-corrected chi connectivity index (χ4v) is 13.7. The maximum Gasteiger partial charge on any atom is 0.308 e. The Morgan fingerprint density at radius 3 is 1.07 bits per heavy atom. The van der Waals surface area contributed by atoms with Gasteiger partial charge in [-0.3, -0.25) is 28.8 Å². The van der Waals surface area contributed by atoms with Crippen molar-refractivity contribution in [2.45, 2.75) is 95.4 Å². The van der Waals surface area contributed by atoms with E-state index in [4.69, 9.17) is 67.4 Å². The molecule has 0 spiro atoms. The summed E-state index contributed by atoms with van der Waals surface area (Å²) in [6.45, 7) is 8.42. The second-order valence-electron chi connectivity index (χ2n) is 25.3. The van der Waals surface area contributed by atoms with Crippen molar-refractivity contribution >= 4 is 85.6 Å². The molecule has 3 aliphatic heterocycles. The number of fused-ring (bicyclic) bond motifs is 3. The van der Waals surface area contributed by atoms with E-state index in [-0.39, 0.29) is 115 Å². The van der Waals surface area contributed by atoms with Gasteiger partial charge in [-0.2, -0.15) is 0 Å². The molecule has 0 aliphatic carbocycles. The zero-order chi connectivity index (χ0) is 71.3. The first-order chi connectivity index (χ1) is 47.3. The number of aliphatic hydroxyl groups is 1. The summed E-state index contributed by atoms with van der Waals surface area (Å²) >= 11 is 18.9. The molecule has 7 N–H and O–H groups in total. The second-order valence-corrected chi connectivity index (χ2v) is 26.6. The Labute approximate surface area is 583 Å². The highest BCUT2D eigenvalue weighted by Gasteiger charge is 2.40. The number of ether oxygens (including phenoxy) is 3. The van der Waals surface area contributed by atoms with Gasteiger partial charge in [-0.15, -0.1) is 0 Å². The fourth-order valence-electron chi connectivity index (χ4n) is 13.0. The highest BCUT2D eigenvalue weighted by atomic mass is 35.5. The van der Waals surface area contributed by atoms with E-state index < -0.39 is 64.1 Å². The minimum absolute atomic E-state index is 0.0210. The summed E-state index contributed by atoms with van der Waals surface area (Å²) in [5, 5.41) is 74.0. The van der Waals surface area contributed by atoms with E-state index in [1.807, 2.05) is 42.8 Å². The molecule has 3 aliphatic rings. The van der Waals surface area contributed by atoms with Crippen LogP contribution in [0.5, 0.6) is 34.5 Å². The van der Waals surface area contributed by atoms with Gasteiger partial charge < -0.3 is 77.9 Å². The Hall–Kier alpha value is -9.13. The highest BCUT2D eigenvalue weighted by molar-refractivity contribution is 6.34. The third-order valence-corrected chi connectivity index (χ3v) is 18.9.